The summed E-state index contributed by atoms with van der Waals surface area (Å²) in [6, 6.07) is 1.51. The Morgan fingerprint density at radius 2 is 1.75 bits per heavy atom. The molecule has 0 aliphatic carbocycles. The van der Waals surface area contributed by atoms with Crippen LogP contribution < -0.4 is 0 Å². The fraction of sp³-hybridized carbons (Fsp3) is 1.00. The summed E-state index contributed by atoms with van der Waals surface area (Å²) < 4.78 is 1.23. The summed E-state index contributed by atoms with van der Waals surface area (Å²) in [5, 5.41) is 9.61. The van der Waals surface area contributed by atoms with Gasteiger partial charge in [-0.15, -0.1) is 0 Å². The summed E-state index contributed by atoms with van der Waals surface area (Å²) in [5.41, 5.74) is 0. The van der Waals surface area contributed by atoms with Crippen molar-refractivity contribution in [1.82, 2.24) is 0 Å². The van der Waals surface area contributed by atoms with Crippen LogP contribution in [0.15, 0.2) is 0 Å². The van der Waals surface area contributed by atoms with Crippen molar-refractivity contribution < 1.29 is 9.59 Å². The Balaban J connectivity index is 2.19. The highest BCUT2D eigenvalue weighted by atomic mass is 16.3. The van der Waals surface area contributed by atoms with E-state index < -0.39 is 0 Å². The van der Waals surface area contributed by atoms with E-state index in [1.807, 2.05) is 0 Å². The number of rotatable bonds is 1. The zero-order valence-electron chi connectivity index (χ0n) is 8.16. The lowest BCUT2D eigenvalue weighted by Crippen LogP contribution is -2.58. The van der Waals surface area contributed by atoms with Gasteiger partial charge in [0.25, 0.3) is 0 Å². The normalized spacial score (nSPS) is 52.8. The number of hydrogen-bond acceptors (Lipinski definition) is 1. The van der Waals surface area contributed by atoms with Crippen LogP contribution in [-0.4, -0.2) is 41.4 Å². The minimum atomic E-state index is 0.000231. The molecule has 0 aromatic carbocycles. The van der Waals surface area contributed by atoms with Gasteiger partial charge in [-0.3, -0.25) is 0 Å². The smallest absolute Gasteiger partial charge is 0.0917 e. The van der Waals surface area contributed by atoms with Crippen LogP contribution in [-0.2, 0) is 0 Å². The second kappa shape index (κ2) is 2.71. The van der Waals surface area contributed by atoms with Crippen LogP contribution in [0.2, 0.25) is 0 Å². The summed E-state index contributed by atoms with van der Waals surface area (Å²) in [5.74, 6) is 0. The van der Waals surface area contributed by atoms with Crippen molar-refractivity contribution in [2.75, 3.05) is 13.6 Å². The maximum atomic E-state index is 9.61. The Bertz CT molecular complexity index is 167. The summed E-state index contributed by atoms with van der Waals surface area (Å²) in [4.78, 5) is 0. The molecule has 2 aliphatic heterocycles. The zero-order valence-corrected chi connectivity index (χ0v) is 8.16. The van der Waals surface area contributed by atoms with Crippen molar-refractivity contribution in [3.05, 3.63) is 0 Å². The Morgan fingerprint density at radius 3 is 2.17 bits per heavy atom. The first-order valence-electron chi connectivity index (χ1n) is 5.19. The van der Waals surface area contributed by atoms with Crippen LogP contribution in [0.4, 0.5) is 0 Å². The maximum Gasteiger partial charge on any atom is 0.0917 e. The average molecular weight is 170 g/mol. The molecule has 0 saturated carbocycles. The van der Waals surface area contributed by atoms with Gasteiger partial charge in [-0.2, -0.15) is 0 Å². The number of aliphatic hydroxyl groups is 1. The molecule has 2 atom stereocenters. The van der Waals surface area contributed by atoms with Gasteiger partial charge < -0.3 is 9.59 Å². The van der Waals surface area contributed by atoms with Crippen LogP contribution in [0.1, 0.15) is 32.6 Å². The minimum Gasteiger partial charge on any atom is -0.393 e. The number of fused-ring (bicyclic) bond motifs is 2. The molecular weight excluding hydrogens is 150 g/mol. The monoisotopic (exact) mass is 170 g/mol. The van der Waals surface area contributed by atoms with E-state index in [0.717, 1.165) is 24.9 Å². The van der Waals surface area contributed by atoms with Gasteiger partial charge in [-0.05, 0) is 6.92 Å². The second-order valence-corrected chi connectivity index (χ2v) is 4.67. The SMILES string of the molecule is CC[N+]1(C)C2CCC1CC(O)C2. The van der Waals surface area contributed by atoms with Crippen LogP contribution in [0, 0.1) is 0 Å². The molecule has 2 saturated heterocycles. The fourth-order valence-electron chi connectivity index (χ4n) is 3.23. The van der Waals surface area contributed by atoms with Gasteiger partial charge in [0, 0.05) is 25.7 Å². The van der Waals surface area contributed by atoms with Gasteiger partial charge in [0.15, 0.2) is 0 Å². The molecule has 2 fully saturated rings. The predicted molar refractivity (Wildman–Crippen MR) is 48.8 cm³/mol. The average Bonchev–Trinajstić information content (AvgIpc) is 2.24. The summed E-state index contributed by atoms with van der Waals surface area (Å²) in [7, 11) is 2.37. The van der Waals surface area contributed by atoms with Crippen LogP contribution >= 0.6 is 0 Å². The van der Waals surface area contributed by atoms with E-state index >= 15 is 0 Å². The minimum absolute atomic E-state index is 0.000231. The molecule has 2 heteroatoms. The Labute approximate surface area is 74.8 Å². The van der Waals surface area contributed by atoms with Crippen molar-refractivity contribution in [2.24, 2.45) is 0 Å². The number of nitrogens with zero attached hydrogens (tertiary/aromatic N) is 1. The lowest BCUT2D eigenvalue weighted by molar-refractivity contribution is -0.947. The van der Waals surface area contributed by atoms with Gasteiger partial charge in [-0.1, -0.05) is 0 Å². The Hall–Kier alpha value is -0.0800. The summed E-state index contributed by atoms with van der Waals surface area (Å²) >= 11 is 0. The number of hydrogen-bond donors (Lipinski definition) is 1. The van der Waals surface area contributed by atoms with Gasteiger partial charge in [-0.25, -0.2) is 0 Å². The lowest BCUT2D eigenvalue weighted by atomic mass is 9.97. The van der Waals surface area contributed by atoms with Gasteiger partial charge in [0.05, 0.1) is 31.8 Å². The van der Waals surface area contributed by atoms with Crippen LogP contribution in [0.5, 0.6) is 0 Å². The molecule has 2 nitrogen and oxygen atoms in total. The van der Waals surface area contributed by atoms with E-state index in [1.54, 1.807) is 0 Å². The molecule has 1 N–H and O–H groups in total. The third kappa shape index (κ3) is 1.01. The molecule has 0 amide bonds. The molecule has 2 heterocycles. The molecule has 2 rings (SSSR count). The Morgan fingerprint density at radius 1 is 1.25 bits per heavy atom. The highest BCUT2D eigenvalue weighted by Crippen LogP contribution is 2.40. The molecule has 2 aliphatic rings. The standard InChI is InChI=1S/C10H20NO/c1-3-11(2)8-4-5-9(11)7-10(12)6-8/h8-10,12H,3-7H2,1-2H3/q+1. The molecule has 0 spiro atoms. The quantitative estimate of drug-likeness (QED) is 0.585. The molecule has 2 unspecified atom stereocenters. The zero-order chi connectivity index (χ0) is 8.77. The molecule has 12 heavy (non-hydrogen) atoms. The number of piperidine rings is 1. The van der Waals surface area contributed by atoms with E-state index in [9.17, 15) is 5.11 Å². The highest BCUT2D eigenvalue weighted by Gasteiger charge is 2.49. The van der Waals surface area contributed by atoms with Crippen molar-refractivity contribution in [3.63, 3.8) is 0 Å². The summed E-state index contributed by atoms with van der Waals surface area (Å²) in [6.07, 6.45) is 4.76. The third-order valence-corrected chi connectivity index (χ3v) is 4.27. The van der Waals surface area contributed by atoms with Crippen molar-refractivity contribution in [3.8, 4) is 0 Å². The van der Waals surface area contributed by atoms with Crippen molar-refractivity contribution in [1.29, 1.82) is 0 Å². The maximum absolute atomic E-state index is 9.61. The number of aliphatic hydroxyl groups excluding tert-OH is 1. The molecule has 0 aromatic rings. The first kappa shape index (κ1) is 8.52. The largest absolute Gasteiger partial charge is 0.393 e. The Kier molecular flexibility index (Phi) is 1.92. The first-order chi connectivity index (χ1) is 5.66. The molecular formula is C10H20NO+. The highest BCUT2D eigenvalue weighted by molar-refractivity contribution is 4.85. The van der Waals surface area contributed by atoms with Gasteiger partial charge in [0.1, 0.15) is 0 Å². The fourth-order valence-corrected chi connectivity index (χ4v) is 3.23. The van der Waals surface area contributed by atoms with E-state index in [4.69, 9.17) is 0 Å². The van der Waals surface area contributed by atoms with Gasteiger partial charge >= 0.3 is 0 Å². The van der Waals surface area contributed by atoms with Gasteiger partial charge in [0.2, 0.25) is 0 Å². The van der Waals surface area contributed by atoms with Crippen molar-refractivity contribution in [2.45, 2.75) is 50.8 Å². The topological polar surface area (TPSA) is 20.2 Å². The second-order valence-electron chi connectivity index (χ2n) is 4.67. The lowest BCUT2D eigenvalue weighted by Gasteiger charge is -2.45. The van der Waals surface area contributed by atoms with Crippen LogP contribution in [0.3, 0.4) is 0 Å². The van der Waals surface area contributed by atoms with E-state index in [1.165, 1.54) is 23.9 Å². The predicted octanol–water partition coefficient (Wildman–Crippen LogP) is 1.14. The third-order valence-electron chi connectivity index (χ3n) is 4.27. The van der Waals surface area contributed by atoms with Crippen molar-refractivity contribution >= 4 is 0 Å². The van der Waals surface area contributed by atoms with E-state index in [-0.39, 0.29) is 6.10 Å². The molecule has 70 valence electrons. The van der Waals surface area contributed by atoms with E-state index in [2.05, 4.69) is 14.0 Å². The van der Waals surface area contributed by atoms with E-state index in [0.29, 0.717) is 0 Å². The van der Waals surface area contributed by atoms with Crippen LogP contribution in [0.25, 0.3) is 0 Å². The number of quaternary nitrogens is 1. The molecule has 0 radical (unpaired) electrons. The molecule has 2 bridgehead atoms. The molecule has 0 aromatic heterocycles. The summed E-state index contributed by atoms with van der Waals surface area (Å²) in [6.45, 7) is 3.52. The first-order valence-corrected chi connectivity index (χ1v) is 5.19.